The fourth-order valence-corrected chi connectivity index (χ4v) is 2.33. The predicted octanol–water partition coefficient (Wildman–Crippen LogP) is 2.54. The van der Waals surface area contributed by atoms with Gasteiger partial charge < -0.3 is 10.6 Å². The molecular weight excluding hydrogens is 337 g/mol. The lowest BCUT2D eigenvalue weighted by Crippen LogP contribution is -2.36. The summed E-state index contributed by atoms with van der Waals surface area (Å²) in [6.07, 6.45) is 0. The Bertz CT molecular complexity index is 823. The zero-order valence-corrected chi connectivity index (χ0v) is 14.6. The molecule has 7 heteroatoms. The monoisotopic (exact) mass is 357 g/mol. The Morgan fingerprint density at radius 3 is 2.00 bits per heavy atom. The number of hydrogen-bond acceptors (Lipinski definition) is 4. The fourth-order valence-electron chi connectivity index (χ4n) is 2.33. The van der Waals surface area contributed by atoms with Gasteiger partial charge in [0.2, 0.25) is 11.8 Å². The highest BCUT2D eigenvalue weighted by atomic mass is 19.1. The molecule has 136 valence electrons. The van der Waals surface area contributed by atoms with Crippen LogP contribution in [0.3, 0.4) is 0 Å². The SMILES string of the molecule is CC(=O)c1cccc(NC(=O)CN(C)CC(=O)Nc2cccc(F)c2)c1. The Hall–Kier alpha value is -3.06. The molecule has 2 aromatic carbocycles. The molecule has 2 N–H and O–H groups in total. The second-order valence-corrected chi connectivity index (χ2v) is 5.92. The first-order chi connectivity index (χ1) is 12.3. The maximum atomic E-state index is 13.1. The molecule has 2 aromatic rings. The number of carbonyl (C=O) groups excluding carboxylic acids is 3. The summed E-state index contributed by atoms with van der Waals surface area (Å²) in [6.45, 7) is 1.41. The summed E-state index contributed by atoms with van der Waals surface area (Å²) in [5.41, 5.74) is 1.37. The second-order valence-electron chi connectivity index (χ2n) is 5.92. The van der Waals surface area contributed by atoms with Crippen LogP contribution in [0.1, 0.15) is 17.3 Å². The molecule has 26 heavy (non-hydrogen) atoms. The summed E-state index contributed by atoms with van der Waals surface area (Å²) in [7, 11) is 1.62. The molecule has 0 bridgehead atoms. The van der Waals surface area contributed by atoms with E-state index in [1.165, 1.54) is 30.0 Å². The average Bonchev–Trinajstić information content (AvgIpc) is 2.54. The third-order valence-corrected chi connectivity index (χ3v) is 3.49. The van der Waals surface area contributed by atoms with Crippen LogP contribution in [-0.2, 0) is 9.59 Å². The van der Waals surface area contributed by atoms with Crippen molar-refractivity contribution in [3.63, 3.8) is 0 Å². The number of Topliss-reactive ketones (excluding diaryl/α,β-unsaturated/α-hetero) is 1. The lowest BCUT2D eigenvalue weighted by molar-refractivity contribution is -0.119. The fraction of sp³-hybridized carbons (Fsp3) is 0.211. The Balaban J connectivity index is 1.84. The lowest BCUT2D eigenvalue weighted by atomic mass is 10.1. The molecule has 0 aromatic heterocycles. The van der Waals surface area contributed by atoms with Crippen molar-refractivity contribution in [2.45, 2.75) is 6.92 Å². The molecule has 0 aliphatic rings. The largest absolute Gasteiger partial charge is 0.325 e. The van der Waals surface area contributed by atoms with Gasteiger partial charge in [0.15, 0.2) is 5.78 Å². The zero-order chi connectivity index (χ0) is 19.1. The summed E-state index contributed by atoms with van der Waals surface area (Å²) < 4.78 is 13.1. The number of ketones is 1. The van der Waals surface area contributed by atoms with E-state index in [1.54, 1.807) is 37.4 Å². The van der Waals surface area contributed by atoms with E-state index in [9.17, 15) is 18.8 Å². The number of halogens is 1. The standard InChI is InChI=1S/C19H20FN3O3/c1-13(24)14-5-3-7-16(9-14)21-18(25)11-23(2)12-19(26)22-17-8-4-6-15(20)10-17/h3-10H,11-12H2,1-2H3,(H,21,25)(H,22,26). The van der Waals surface area contributed by atoms with E-state index in [-0.39, 0.29) is 30.7 Å². The molecule has 0 unspecified atom stereocenters. The van der Waals surface area contributed by atoms with Crippen LogP contribution < -0.4 is 10.6 Å². The van der Waals surface area contributed by atoms with Gasteiger partial charge in [0.1, 0.15) is 5.82 Å². The topological polar surface area (TPSA) is 78.5 Å². The molecule has 0 saturated heterocycles. The Labute approximate surface area is 151 Å². The molecule has 0 aliphatic carbocycles. The van der Waals surface area contributed by atoms with Crippen molar-refractivity contribution in [1.29, 1.82) is 0 Å². The summed E-state index contributed by atoms with van der Waals surface area (Å²) in [6, 6.07) is 12.2. The van der Waals surface area contributed by atoms with Crippen molar-refractivity contribution in [2.24, 2.45) is 0 Å². The highest BCUT2D eigenvalue weighted by molar-refractivity contribution is 5.98. The molecular formula is C19H20FN3O3. The van der Waals surface area contributed by atoms with Gasteiger partial charge in [0.05, 0.1) is 13.1 Å². The van der Waals surface area contributed by atoms with Gasteiger partial charge in [-0.05, 0) is 44.3 Å². The van der Waals surface area contributed by atoms with Gasteiger partial charge in [0, 0.05) is 16.9 Å². The number of likely N-dealkylation sites (N-methyl/N-ethyl adjacent to an activating group) is 1. The minimum atomic E-state index is -0.441. The number of nitrogens with one attached hydrogen (secondary N) is 2. The van der Waals surface area contributed by atoms with Gasteiger partial charge in [0.25, 0.3) is 0 Å². The van der Waals surface area contributed by atoms with Gasteiger partial charge in [-0.3, -0.25) is 19.3 Å². The van der Waals surface area contributed by atoms with E-state index in [4.69, 9.17) is 0 Å². The van der Waals surface area contributed by atoms with Crippen molar-refractivity contribution in [1.82, 2.24) is 4.90 Å². The van der Waals surface area contributed by atoms with Crippen LogP contribution in [0.4, 0.5) is 15.8 Å². The first-order valence-corrected chi connectivity index (χ1v) is 7.98. The molecule has 0 atom stereocenters. The molecule has 2 amide bonds. The first kappa shape index (κ1) is 19.3. The van der Waals surface area contributed by atoms with E-state index >= 15 is 0 Å². The van der Waals surface area contributed by atoms with Crippen LogP contribution >= 0.6 is 0 Å². The van der Waals surface area contributed by atoms with Crippen LogP contribution in [0.2, 0.25) is 0 Å². The molecule has 6 nitrogen and oxygen atoms in total. The molecule has 0 radical (unpaired) electrons. The smallest absolute Gasteiger partial charge is 0.238 e. The third-order valence-electron chi connectivity index (χ3n) is 3.49. The molecule has 0 aliphatic heterocycles. The predicted molar refractivity (Wildman–Crippen MR) is 97.6 cm³/mol. The molecule has 0 saturated carbocycles. The van der Waals surface area contributed by atoms with Crippen molar-refractivity contribution in [3.8, 4) is 0 Å². The van der Waals surface area contributed by atoms with Gasteiger partial charge in [-0.2, -0.15) is 0 Å². The van der Waals surface area contributed by atoms with Crippen LogP contribution in [0.15, 0.2) is 48.5 Å². The van der Waals surface area contributed by atoms with Gasteiger partial charge in [-0.15, -0.1) is 0 Å². The van der Waals surface area contributed by atoms with Crippen molar-refractivity contribution >= 4 is 29.0 Å². The Morgan fingerprint density at radius 1 is 0.923 bits per heavy atom. The van der Waals surface area contributed by atoms with E-state index in [1.807, 2.05) is 0 Å². The average molecular weight is 357 g/mol. The quantitative estimate of drug-likeness (QED) is 0.747. The number of amides is 2. The molecule has 0 spiro atoms. The second kappa shape index (κ2) is 8.87. The van der Waals surface area contributed by atoms with Crippen LogP contribution in [0.25, 0.3) is 0 Å². The maximum Gasteiger partial charge on any atom is 0.238 e. The first-order valence-electron chi connectivity index (χ1n) is 7.98. The summed E-state index contributed by atoms with van der Waals surface area (Å²) in [5, 5.41) is 5.25. The number of anilines is 2. The maximum absolute atomic E-state index is 13.1. The number of rotatable bonds is 7. The van der Waals surface area contributed by atoms with Crippen molar-refractivity contribution < 1.29 is 18.8 Å². The summed E-state index contributed by atoms with van der Waals surface area (Å²) >= 11 is 0. The Kier molecular flexibility index (Phi) is 6.57. The van der Waals surface area contributed by atoms with Gasteiger partial charge in [-0.1, -0.05) is 18.2 Å². The number of carbonyl (C=O) groups is 3. The summed E-state index contributed by atoms with van der Waals surface area (Å²) in [4.78, 5) is 36.9. The van der Waals surface area contributed by atoms with Crippen LogP contribution in [0, 0.1) is 5.82 Å². The third kappa shape index (κ3) is 6.10. The minimum absolute atomic E-state index is 0.0130. The van der Waals surface area contributed by atoms with E-state index < -0.39 is 5.82 Å². The minimum Gasteiger partial charge on any atom is -0.325 e. The van der Waals surface area contributed by atoms with E-state index in [0.717, 1.165) is 0 Å². The van der Waals surface area contributed by atoms with E-state index in [0.29, 0.717) is 16.9 Å². The number of benzene rings is 2. The van der Waals surface area contributed by atoms with Crippen molar-refractivity contribution in [2.75, 3.05) is 30.8 Å². The number of hydrogen-bond donors (Lipinski definition) is 2. The Morgan fingerprint density at radius 2 is 1.46 bits per heavy atom. The van der Waals surface area contributed by atoms with E-state index in [2.05, 4.69) is 10.6 Å². The van der Waals surface area contributed by atoms with Crippen LogP contribution in [0.5, 0.6) is 0 Å². The van der Waals surface area contributed by atoms with Crippen molar-refractivity contribution in [3.05, 3.63) is 59.9 Å². The highest BCUT2D eigenvalue weighted by Gasteiger charge is 2.12. The normalized spacial score (nSPS) is 10.5. The number of nitrogens with zero attached hydrogens (tertiary/aromatic N) is 1. The highest BCUT2D eigenvalue weighted by Crippen LogP contribution is 2.11. The van der Waals surface area contributed by atoms with Crippen LogP contribution in [-0.4, -0.2) is 42.6 Å². The molecule has 0 fully saturated rings. The lowest BCUT2D eigenvalue weighted by Gasteiger charge is -2.16. The molecule has 2 rings (SSSR count). The zero-order valence-electron chi connectivity index (χ0n) is 14.6. The van der Waals surface area contributed by atoms with Gasteiger partial charge in [-0.25, -0.2) is 4.39 Å². The molecule has 0 heterocycles. The summed E-state index contributed by atoms with van der Waals surface area (Å²) in [5.74, 6) is -1.20. The van der Waals surface area contributed by atoms with Gasteiger partial charge >= 0.3 is 0 Å².